The van der Waals surface area contributed by atoms with Crippen LogP contribution in [-0.2, 0) is 12.8 Å². The summed E-state index contributed by atoms with van der Waals surface area (Å²) in [5, 5.41) is 15.0. The van der Waals surface area contributed by atoms with E-state index in [2.05, 4.69) is 25.5 Å². The maximum absolute atomic E-state index is 10.1. The first kappa shape index (κ1) is 15.6. The fraction of sp³-hybridized carbons (Fsp3) is 0.824. The number of nitrogens with zero attached hydrogens (tertiary/aromatic N) is 2. The van der Waals surface area contributed by atoms with Gasteiger partial charge in [-0.3, -0.25) is 4.68 Å². The van der Waals surface area contributed by atoms with Crippen LogP contribution in [0.3, 0.4) is 0 Å². The average molecular weight is 278 g/mol. The molecule has 20 heavy (non-hydrogen) atoms. The Kier molecular flexibility index (Phi) is 5.25. The summed E-state index contributed by atoms with van der Waals surface area (Å²) in [6.07, 6.45) is 7.95. The van der Waals surface area contributed by atoms with Gasteiger partial charge in [0, 0.05) is 11.3 Å². The first-order valence-corrected chi connectivity index (χ1v) is 8.42. The minimum absolute atomic E-state index is 0.405. The summed E-state index contributed by atoms with van der Waals surface area (Å²) in [5.41, 5.74) is 3.45. The van der Waals surface area contributed by atoms with E-state index < -0.39 is 6.10 Å². The third kappa shape index (κ3) is 2.78. The third-order valence-electron chi connectivity index (χ3n) is 4.92. The van der Waals surface area contributed by atoms with Crippen molar-refractivity contribution in [2.75, 3.05) is 0 Å². The summed E-state index contributed by atoms with van der Waals surface area (Å²) >= 11 is 0. The molecular weight excluding hydrogens is 248 g/mol. The number of aromatic nitrogens is 2. The van der Waals surface area contributed by atoms with E-state index in [1.165, 1.54) is 37.8 Å². The van der Waals surface area contributed by atoms with Gasteiger partial charge in [-0.25, -0.2) is 0 Å². The summed E-state index contributed by atoms with van der Waals surface area (Å²) in [6, 6.07) is 0.543. The molecule has 1 fully saturated rings. The van der Waals surface area contributed by atoms with Gasteiger partial charge in [0.1, 0.15) is 0 Å². The molecule has 1 heterocycles. The van der Waals surface area contributed by atoms with Gasteiger partial charge in [-0.1, -0.05) is 40.0 Å². The predicted molar refractivity (Wildman–Crippen MR) is 82.9 cm³/mol. The van der Waals surface area contributed by atoms with Crippen molar-refractivity contribution in [2.45, 2.75) is 84.8 Å². The van der Waals surface area contributed by atoms with E-state index in [9.17, 15) is 5.11 Å². The standard InChI is InChI=1S/C17H30N2O/c1-5-13-10-8-9-11-16(13)19-15(7-3)17(12(4)20)14(6-2)18-19/h12-13,16,20H,5-11H2,1-4H3. The van der Waals surface area contributed by atoms with E-state index in [4.69, 9.17) is 5.10 Å². The molecule has 114 valence electrons. The van der Waals surface area contributed by atoms with E-state index in [0.717, 1.165) is 30.0 Å². The van der Waals surface area contributed by atoms with Crippen LogP contribution >= 0.6 is 0 Å². The summed E-state index contributed by atoms with van der Waals surface area (Å²) in [7, 11) is 0. The molecule has 0 saturated heterocycles. The number of hydrogen-bond donors (Lipinski definition) is 1. The minimum Gasteiger partial charge on any atom is -0.389 e. The Bertz CT molecular complexity index is 436. The number of aliphatic hydroxyl groups is 1. The zero-order valence-electron chi connectivity index (χ0n) is 13.5. The zero-order chi connectivity index (χ0) is 14.7. The molecule has 3 atom stereocenters. The molecule has 1 aliphatic carbocycles. The van der Waals surface area contributed by atoms with E-state index >= 15 is 0 Å². The molecule has 1 aromatic heterocycles. The summed E-state index contributed by atoms with van der Waals surface area (Å²) < 4.78 is 2.29. The monoisotopic (exact) mass is 278 g/mol. The van der Waals surface area contributed by atoms with Crippen molar-refractivity contribution in [1.29, 1.82) is 0 Å². The molecule has 0 radical (unpaired) electrons. The van der Waals surface area contributed by atoms with E-state index in [1.54, 1.807) is 0 Å². The largest absolute Gasteiger partial charge is 0.389 e. The van der Waals surface area contributed by atoms with Crippen LogP contribution in [0.2, 0.25) is 0 Å². The van der Waals surface area contributed by atoms with E-state index in [0.29, 0.717) is 6.04 Å². The molecule has 3 unspecified atom stereocenters. The quantitative estimate of drug-likeness (QED) is 0.876. The highest BCUT2D eigenvalue weighted by molar-refractivity contribution is 5.29. The SMILES string of the molecule is CCc1nn(C2CCCCC2CC)c(CC)c1C(C)O. The molecule has 0 bridgehead atoms. The van der Waals surface area contributed by atoms with Crippen LogP contribution in [0, 0.1) is 5.92 Å². The fourth-order valence-electron chi connectivity index (χ4n) is 3.89. The van der Waals surface area contributed by atoms with Gasteiger partial charge in [-0.15, -0.1) is 0 Å². The van der Waals surface area contributed by atoms with Crippen LogP contribution in [0.4, 0.5) is 0 Å². The number of hydrogen-bond acceptors (Lipinski definition) is 2. The van der Waals surface area contributed by atoms with Crippen LogP contribution in [-0.4, -0.2) is 14.9 Å². The van der Waals surface area contributed by atoms with Gasteiger partial charge in [0.2, 0.25) is 0 Å². The second-order valence-corrected chi connectivity index (χ2v) is 6.15. The summed E-state index contributed by atoms with van der Waals surface area (Å²) in [5.74, 6) is 0.750. The van der Waals surface area contributed by atoms with E-state index in [-0.39, 0.29) is 0 Å². The highest BCUT2D eigenvalue weighted by atomic mass is 16.3. The van der Waals surface area contributed by atoms with Gasteiger partial charge in [0.25, 0.3) is 0 Å². The molecule has 1 aliphatic rings. The van der Waals surface area contributed by atoms with Gasteiger partial charge in [-0.2, -0.15) is 5.10 Å². The summed E-state index contributed by atoms with van der Waals surface area (Å²) in [4.78, 5) is 0. The van der Waals surface area contributed by atoms with Crippen molar-refractivity contribution in [2.24, 2.45) is 5.92 Å². The van der Waals surface area contributed by atoms with Gasteiger partial charge in [0.05, 0.1) is 17.8 Å². The summed E-state index contributed by atoms with van der Waals surface area (Å²) in [6.45, 7) is 8.49. The van der Waals surface area contributed by atoms with Crippen LogP contribution in [0.1, 0.15) is 88.9 Å². The molecule has 3 heteroatoms. The van der Waals surface area contributed by atoms with Gasteiger partial charge < -0.3 is 5.11 Å². The maximum Gasteiger partial charge on any atom is 0.0798 e. The first-order valence-electron chi connectivity index (χ1n) is 8.42. The van der Waals surface area contributed by atoms with Crippen molar-refractivity contribution in [3.05, 3.63) is 17.0 Å². The molecule has 3 nitrogen and oxygen atoms in total. The molecule has 0 aromatic carbocycles. The van der Waals surface area contributed by atoms with Crippen molar-refractivity contribution in [3.8, 4) is 0 Å². The zero-order valence-corrected chi connectivity index (χ0v) is 13.5. The van der Waals surface area contributed by atoms with Crippen molar-refractivity contribution in [1.82, 2.24) is 9.78 Å². The number of rotatable bonds is 5. The Hall–Kier alpha value is -0.830. The van der Waals surface area contributed by atoms with Crippen LogP contribution in [0.25, 0.3) is 0 Å². The third-order valence-corrected chi connectivity index (χ3v) is 4.92. The molecule has 0 aliphatic heterocycles. The van der Waals surface area contributed by atoms with Gasteiger partial charge in [-0.05, 0) is 38.5 Å². The Morgan fingerprint density at radius 1 is 1.20 bits per heavy atom. The Labute approximate surface area is 123 Å². The lowest BCUT2D eigenvalue weighted by Gasteiger charge is -2.32. The first-order chi connectivity index (χ1) is 9.63. The molecular formula is C17H30N2O. The maximum atomic E-state index is 10.1. The molecule has 1 N–H and O–H groups in total. The predicted octanol–water partition coefficient (Wildman–Crippen LogP) is 4.20. The Morgan fingerprint density at radius 3 is 2.45 bits per heavy atom. The lowest BCUT2D eigenvalue weighted by molar-refractivity contribution is 0.194. The Balaban J connectivity index is 2.44. The number of aliphatic hydroxyl groups excluding tert-OH is 1. The second-order valence-electron chi connectivity index (χ2n) is 6.15. The molecule has 2 rings (SSSR count). The lowest BCUT2D eigenvalue weighted by Crippen LogP contribution is -2.25. The van der Waals surface area contributed by atoms with E-state index in [1.807, 2.05) is 6.92 Å². The normalized spacial score (nSPS) is 24.9. The van der Waals surface area contributed by atoms with Gasteiger partial charge in [0.15, 0.2) is 0 Å². The molecule has 1 aromatic rings. The second kappa shape index (κ2) is 6.75. The fourth-order valence-corrected chi connectivity index (χ4v) is 3.89. The number of aryl methyl sites for hydroxylation is 1. The highest BCUT2D eigenvalue weighted by Crippen LogP contribution is 2.38. The minimum atomic E-state index is -0.405. The topological polar surface area (TPSA) is 38.0 Å². The smallest absolute Gasteiger partial charge is 0.0798 e. The van der Waals surface area contributed by atoms with Crippen molar-refractivity contribution in [3.63, 3.8) is 0 Å². The molecule has 0 spiro atoms. The Morgan fingerprint density at radius 2 is 1.90 bits per heavy atom. The van der Waals surface area contributed by atoms with Crippen LogP contribution in [0.5, 0.6) is 0 Å². The van der Waals surface area contributed by atoms with Crippen molar-refractivity contribution >= 4 is 0 Å². The van der Waals surface area contributed by atoms with Crippen LogP contribution < -0.4 is 0 Å². The molecule has 0 amide bonds. The average Bonchev–Trinajstić information content (AvgIpc) is 2.85. The van der Waals surface area contributed by atoms with Crippen LogP contribution in [0.15, 0.2) is 0 Å². The highest BCUT2D eigenvalue weighted by Gasteiger charge is 2.30. The lowest BCUT2D eigenvalue weighted by atomic mass is 9.82. The van der Waals surface area contributed by atoms with Crippen molar-refractivity contribution < 1.29 is 5.11 Å². The van der Waals surface area contributed by atoms with Gasteiger partial charge >= 0.3 is 0 Å². The molecule has 1 saturated carbocycles.